The average molecular weight is 392 g/mol. The molecular weight excluding hydrogens is 366 g/mol. The van der Waals surface area contributed by atoms with Crippen molar-refractivity contribution in [2.24, 2.45) is 5.92 Å². The highest BCUT2D eigenvalue weighted by Crippen LogP contribution is 2.27. The molecule has 0 saturated carbocycles. The van der Waals surface area contributed by atoms with Crippen molar-refractivity contribution in [1.29, 1.82) is 0 Å². The lowest BCUT2D eigenvalue weighted by Gasteiger charge is -2.31. The predicted octanol–water partition coefficient (Wildman–Crippen LogP) is 3.13. The summed E-state index contributed by atoms with van der Waals surface area (Å²) in [6.45, 7) is 5.49. The fraction of sp³-hybridized carbons (Fsp3) is 0.500. The number of piperidine rings is 1. The third-order valence-electron chi connectivity index (χ3n) is 5.19. The number of nitrogens with zero attached hydrogens (tertiary/aromatic N) is 1. The second-order valence-corrected chi connectivity index (χ2v) is 7.68. The van der Waals surface area contributed by atoms with Crippen molar-refractivity contribution in [3.8, 4) is 0 Å². The molecule has 1 aromatic carbocycles. The highest BCUT2D eigenvalue weighted by atomic mass is 35.5. The normalized spacial score (nSPS) is 16.5. The van der Waals surface area contributed by atoms with Crippen molar-refractivity contribution < 1.29 is 14.3 Å². The number of hydrogen-bond donors (Lipinski definition) is 2. The summed E-state index contributed by atoms with van der Waals surface area (Å²) in [5.74, 6) is -0.0366. The first-order chi connectivity index (χ1) is 12.9. The van der Waals surface area contributed by atoms with Crippen molar-refractivity contribution in [3.05, 3.63) is 34.5 Å². The SMILES string of the molecule is COCC(C)NC(=O)C1CCN(C(=O)c2[nH]c3ccc(Cl)cc3c2C)CC1. The maximum absolute atomic E-state index is 13.0. The lowest BCUT2D eigenvalue weighted by molar-refractivity contribution is -0.127. The molecule has 1 aliphatic heterocycles. The second kappa shape index (κ2) is 8.31. The predicted molar refractivity (Wildman–Crippen MR) is 106 cm³/mol. The standard InChI is InChI=1S/C20H26ClN3O3/c1-12(11-27-3)22-19(25)14-6-8-24(9-7-14)20(26)18-13(2)16-10-15(21)4-5-17(16)23-18/h4-5,10,12,14,23H,6-9,11H2,1-3H3,(H,22,25). The lowest BCUT2D eigenvalue weighted by atomic mass is 9.95. The Bertz CT molecular complexity index is 840. The minimum absolute atomic E-state index is 0.0111. The van der Waals surface area contributed by atoms with Crippen LogP contribution >= 0.6 is 11.6 Å². The number of carbonyl (C=O) groups excluding carboxylic acids is 2. The lowest BCUT2D eigenvalue weighted by Crippen LogP contribution is -2.45. The molecule has 7 heteroatoms. The molecule has 1 aromatic heterocycles. The van der Waals surface area contributed by atoms with Gasteiger partial charge in [0.25, 0.3) is 5.91 Å². The van der Waals surface area contributed by atoms with Gasteiger partial charge in [0.1, 0.15) is 5.69 Å². The van der Waals surface area contributed by atoms with Gasteiger partial charge in [-0.15, -0.1) is 0 Å². The summed E-state index contributed by atoms with van der Waals surface area (Å²) >= 11 is 6.07. The molecular formula is C20H26ClN3O3. The van der Waals surface area contributed by atoms with E-state index >= 15 is 0 Å². The smallest absolute Gasteiger partial charge is 0.270 e. The number of ether oxygens (including phenoxy) is 1. The number of aromatic amines is 1. The van der Waals surface area contributed by atoms with Crippen LogP contribution in [-0.2, 0) is 9.53 Å². The molecule has 1 atom stereocenters. The molecule has 1 fully saturated rings. The van der Waals surface area contributed by atoms with E-state index in [1.165, 1.54) is 0 Å². The Morgan fingerprint density at radius 2 is 2.07 bits per heavy atom. The van der Waals surface area contributed by atoms with Gasteiger partial charge < -0.3 is 19.9 Å². The molecule has 2 amide bonds. The summed E-state index contributed by atoms with van der Waals surface area (Å²) in [4.78, 5) is 30.3. The zero-order valence-electron chi connectivity index (χ0n) is 16.0. The number of hydrogen-bond acceptors (Lipinski definition) is 3. The van der Waals surface area contributed by atoms with Crippen LogP contribution in [-0.4, -0.2) is 54.5 Å². The number of aromatic nitrogens is 1. The molecule has 27 heavy (non-hydrogen) atoms. The van der Waals surface area contributed by atoms with Crippen molar-refractivity contribution >= 4 is 34.3 Å². The van der Waals surface area contributed by atoms with E-state index in [-0.39, 0.29) is 23.8 Å². The van der Waals surface area contributed by atoms with Crippen LogP contribution in [0.2, 0.25) is 5.02 Å². The minimum atomic E-state index is -0.0593. The van der Waals surface area contributed by atoms with E-state index in [1.807, 2.05) is 36.9 Å². The Balaban J connectivity index is 1.63. The third-order valence-corrected chi connectivity index (χ3v) is 5.43. The van der Waals surface area contributed by atoms with Crippen LogP contribution < -0.4 is 5.32 Å². The molecule has 0 bridgehead atoms. The molecule has 2 N–H and O–H groups in total. The van der Waals surface area contributed by atoms with Crippen LogP contribution in [0.5, 0.6) is 0 Å². The van der Waals surface area contributed by atoms with Gasteiger partial charge in [-0.1, -0.05) is 11.6 Å². The molecule has 146 valence electrons. The van der Waals surface area contributed by atoms with Crippen LogP contribution in [0.3, 0.4) is 0 Å². The first kappa shape index (κ1) is 19.7. The number of methoxy groups -OCH3 is 1. The fourth-order valence-corrected chi connectivity index (χ4v) is 3.84. The number of aryl methyl sites for hydroxylation is 1. The molecule has 1 unspecified atom stereocenters. The highest BCUT2D eigenvalue weighted by molar-refractivity contribution is 6.31. The van der Waals surface area contributed by atoms with Gasteiger partial charge in [-0.2, -0.15) is 0 Å². The monoisotopic (exact) mass is 391 g/mol. The van der Waals surface area contributed by atoms with Crippen LogP contribution in [0.15, 0.2) is 18.2 Å². The quantitative estimate of drug-likeness (QED) is 0.822. The summed E-state index contributed by atoms with van der Waals surface area (Å²) in [6.07, 6.45) is 1.34. The van der Waals surface area contributed by atoms with Gasteiger partial charge in [0.05, 0.1) is 6.61 Å². The number of rotatable bonds is 5. The van der Waals surface area contributed by atoms with E-state index in [2.05, 4.69) is 10.3 Å². The molecule has 6 nitrogen and oxygen atoms in total. The van der Waals surface area contributed by atoms with Gasteiger partial charge in [-0.05, 0) is 50.5 Å². The molecule has 0 aliphatic carbocycles. The van der Waals surface area contributed by atoms with E-state index in [1.54, 1.807) is 7.11 Å². The fourth-order valence-electron chi connectivity index (χ4n) is 3.67. The van der Waals surface area contributed by atoms with E-state index in [4.69, 9.17) is 16.3 Å². The summed E-state index contributed by atoms with van der Waals surface area (Å²) in [5.41, 5.74) is 2.41. The number of halogens is 1. The second-order valence-electron chi connectivity index (χ2n) is 7.25. The topological polar surface area (TPSA) is 74.4 Å². The van der Waals surface area contributed by atoms with Gasteiger partial charge in [0, 0.05) is 48.1 Å². The Labute approximate surface area is 164 Å². The number of benzene rings is 1. The Morgan fingerprint density at radius 3 is 2.74 bits per heavy atom. The zero-order chi connectivity index (χ0) is 19.6. The first-order valence-corrected chi connectivity index (χ1v) is 9.65. The van der Waals surface area contributed by atoms with Gasteiger partial charge >= 0.3 is 0 Å². The molecule has 1 aliphatic rings. The van der Waals surface area contributed by atoms with Crippen LogP contribution in [0.25, 0.3) is 10.9 Å². The van der Waals surface area contributed by atoms with Crippen molar-refractivity contribution in [2.75, 3.05) is 26.8 Å². The van der Waals surface area contributed by atoms with E-state index in [0.717, 1.165) is 16.5 Å². The number of likely N-dealkylation sites (tertiary alicyclic amines) is 1. The molecule has 2 aromatic rings. The van der Waals surface area contributed by atoms with Crippen LogP contribution in [0.1, 0.15) is 35.8 Å². The summed E-state index contributed by atoms with van der Waals surface area (Å²) in [7, 11) is 1.62. The van der Waals surface area contributed by atoms with Crippen molar-refractivity contribution in [3.63, 3.8) is 0 Å². The molecule has 0 spiro atoms. The Hall–Kier alpha value is -2.05. The van der Waals surface area contributed by atoms with E-state index < -0.39 is 0 Å². The molecule has 2 heterocycles. The Kier molecular flexibility index (Phi) is 6.07. The summed E-state index contributed by atoms with van der Waals surface area (Å²) in [6, 6.07) is 5.56. The van der Waals surface area contributed by atoms with Gasteiger partial charge in [0.15, 0.2) is 0 Å². The van der Waals surface area contributed by atoms with E-state index in [9.17, 15) is 9.59 Å². The number of nitrogens with one attached hydrogen (secondary N) is 2. The number of amides is 2. The third kappa shape index (κ3) is 4.28. The molecule has 0 radical (unpaired) electrons. The van der Waals surface area contributed by atoms with Gasteiger partial charge in [0.2, 0.25) is 5.91 Å². The highest BCUT2D eigenvalue weighted by Gasteiger charge is 2.29. The number of fused-ring (bicyclic) bond motifs is 1. The van der Waals surface area contributed by atoms with Gasteiger partial charge in [-0.3, -0.25) is 9.59 Å². The van der Waals surface area contributed by atoms with Crippen molar-refractivity contribution in [2.45, 2.75) is 32.7 Å². The minimum Gasteiger partial charge on any atom is -0.383 e. The van der Waals surface area contributed by atoms with Gasteiger partial charge in [-0.25, -0.2) is 0 Å². The van der Waals surface area contributed by atoms with Crippen molar-refractivity contribution in [1.82, 2.24) is 15.2 Å². The maximum atomic E-state index is 13.0. The first-order valence-electron chi connectivity index (χ1n) is 9.27. The van der Waals surface area contributed by atoms with Crippen LogP contribution in [0, 0.1) is 12.8 Å². The largest absolute Gasteiger partial charge is 0.383 e. The molecule has 3 rings (SSSR count). The number of carbonyl (C=O) groups is 2. The Morgan fingerprint density at radius 1 is 1.37 bits per heavy atom. The zero-order valence-corrected chi connectivity index (χ0v) is 16.7. The number of H-pyrrole nitrogens is 1. The van der Waals surface area contributed by atoms with E-state index in [0.29, 0.717) is 43.3 Å². The van der Waals surface area contributed by atoms with Crippen LogP contribution in [0.4, 0.5) is 0 Å². The summed E-state index contributed by atoms with van der Waals surface area (Å²) < 4.78 is 5.05. The summed E-state index contributed by atoms with van der Waals surface area (Å²) in [5, 5.41) is 4.59. The average Bonchev–Trinajstić information content (AvgIpc) is 2.97. The molecule has 1 saturated heterocycles. The maximum Gasteiger partial charge on any atom is 0.270 e.